The van der Waals surface area contributed by atoms with Crippen LogP contribution in [0.2, 0.25) is 0 Å². The van der Waals surface area contributed by atoms with Crippen LogP contribution in [0.4, 0.5) is 11.6 Å². The molecule has 1 saturated heterocycles. The fourth-order valence-electron chi connectivity index (χ4n) is 2.94. The molecule has 0 unspecified atom stereocenters. The fraction of sp³-hybridized carbons (Fsp3) is 0.389. The van der Waals surface area contributed by atoms with Crippen molar-refractivity contribution in [3.05, 3.63) is 48.3 Å². The van der Waals surface area contributed by atoms with Crippen molar-refractivity contribution in [1.82, 2.24) is 15.3 Å². The van der Waals surface area contributed by atoms with E-state index in [0.29, 0.717) is 6.54 Å². The van der Waals surface area contributed by atoms with Gasteiger partial charge < -0.3 is 26.0 Å². The van der Waals surface area contributed by atoms with Gasteiger partial charge in [0.05, 0.1) is 6.61 Å². The Morgan fingerprint density at radius 3 is 2.54 bits per heavy atom. The number of carbonyl (C=O) groups is 1. The van der Waals surface area contributed by atoms with Crippen LogP contribution in [-0.4, -0.2) is 59.8 Å². The largest absolute Gasteiger partial charge is 0.394 e. The number of anilines is 2. The summed E-state index contributed by atoms with van der Waals surface area (Å²) in [5.74, 6) is 1.48. The molecule has 1 fully saturated rings. The van der Waals surface area contributed by atoms with Crippen LogP contribution in [0.3, 0.4) is 0 Å². The van der Waals surface area contributed by atoms with Crippen molar-refractivity contribution in [2.75, 3.05) is 42.6 Å². The Kier molecular flexibility index (Phi) is 5.98. The Morgan fingerprint density at radius 2 is 1.85 bits per heavy atom. The second-order valence-electron chi connectivity index (χ2n) is 6.16. The lowest BCUT2D eigenvalue weighted by Gasteiger charge is -2.36. The zero-order valence-corrected chi connectivity index (χ0v) is 14.6. The summed E-state index contributed by atoms with van der Waals surface area (Å²) in [6.07, 6.45) is 3.56. The molecule has 0 bridgehead atoms. The first kappa shape index (κ1) is 18.1. The third-order valence-electron chi connectivity index (χ3n) is 4.41. The molecule has 2 aromatic rings. The van der Waals surface area contributed by atoms with Gasteiger partial charge >= 0.3 is 0 Å². The summed E-state index contributed by atoms with van der Waals surface area (Å²) >= 11 is 0. The summed E-state index contributed by atoms with van der Waals surface area (Å²) in [5, 5.41) is 11.7. The van der Waals surface area contributed by atoms with Gasteiger partial charge in [0, 0.05) is 50.7 Å². The highest BCUT2D eigenvalue weighted by Gasteiger charge is 2.21. The van der Waals surface area contributed by atoms with Crippen LogP contribution in [0, 0.1) is 0 Å². The van der Waals surface area contributed by atoms with Gasteiger partial charge in [-0.05, 0) is 18.2 Å². The first-order chi connectivity index (χ1) is 12.7. The number of nitrogens with one attached hydrogen (secondary N) is 1. The van der Waals surface area contributed by atoms with Gasteiger partial charge in [-0.1, -0.05) is 12.1 Å². The Labute approximate surface area is 152 Å². The maximum Gasteiger partial charge on any atom is 0.239 e. The number of rotatable bonds is 6. The second-order valence-corrected chi connectivity index (χ2v) is 6.16. The normalized spacial score (nSPS) is 15.6. The van der Waals surface area contributed by atoms with Crippen molar-refractivity contribution in [3.63, 3.8) is 0 Å². The number of piperazine rings is 1. The van der Waals surface area contributed by atoms with E-state index >= 15 is 0 Å². The second kappa shape index (κ2) is 8.59. The molecule has 1 aliphatic heterocycles. The van der Waals surface area contributed by atoms with Crippen LogP contribution in [0.25, 0.3) is 0 Å². The van der Waals surface area contributed by atoms with Gasteiger partial charge in [0.1, 0.15) is 17.7 Å². The third-order valence-corrected chi connectivity index (χ3v) is 4.41. The third kappa shape index (κ3) is 4.27. The molecule has 1 atom stereocenters. The quantitative estimate of drug-likeness (QED) is 0.654. The monoisotopic (exact) mass is 356 g/mol. The Bertz CT molecular complexity index is 719. The van der Waals surface area contributed by atoms with E-state index in [9.17, 15) is 4.79 Å². The molecule has 0 saturated carbocycles. The number of aromatic nitrogens is 2. The molecule has 0 aromatic carbocycles. The predicted molar refractivity (Wildman–Crippen MR) is 99.8 cm³/mol. The number of carbonyl (C=O) groups excluding carboxylic acids is 1. The van der Waals surface area contributed by atoms with Crippen molar-refractivity contribution >= 4 is 17.5 Å². The molecule has 3 rings (SSSR count). The van der Waals surface area contributed by atoms with Crippen molar-refractivity contribution in [2.24, 2.45) is 5.73 Å². The lowest BCUT2D eigenvalue weighted by atomic mass is 10.2. The van der Waals surface area contributed by atoms with Crippen molar-refractivity contribution < 1.29 is 9.90 Å². The molecule has 1 aliphatic rings. The fourth-order valence-corrected chi connectivity index (χ4v) is 2.94. The molecule has 4 N–H and O–H groups in total. The number of hydrogen-bond donors (Lipinski definition) is 3. The van der Waals surface area contributed by atoms with E-state index in [-0.39, 0.29) is 12.5 Å². The molecule has 0 radical (unpaired) electrons. The van der Waals surface area contributed by atoms with E-state index in [2.05, 4.69) is 25.1 Å². The molecule has 1 amide bonds. The van der Waals surface area contributed by atoms with Crippen LogP contribution in [0.15, 0.2) is 42.7 Å². The SMILES string of the molecule is N[C@H](CO)C(=O)NCc1cccnc1N1CCN(c2ccccn2)CC1. The number of hydrogen-bond acceptors (Lipinski definition) is 7. The highest BCUT2D eigenvalue weighted by Crippen LogP contribution is 2.20. The average molecular weight is 356 g/mol. The molecule has 3 heterocycles. The smallest absolute Gasteiger partial charge is 0.239 e. The van der Waals surface area contributed by atoms with Gasteiger partial charge in [0.2, 0.25) is 5.91 Å². The minimum absolute atomic E-state index is 0.330. The van der Waals surface area contributed by atoms with Crippen LogP contribution in [0.1, 0.15) is 5.56 Å². The molecule has 0 aliphatic carbocycles. The van der Waals surface area contributed by atoms with Crippen molar-refractivity contribution in [3.8, 4) is 0 Å². The van der Waals surface area contributed by atoms with Crippen molar-refractivity contribution in [1.29, 1.82) is 0 Å². The Balaban J connectivity index is 1.63. The van der Waals surface area contributed by atoms with E-state index in [1.54, 1.807) is 12.4 Å². The predicted octanol–water partition coefficient (Wildman–Crippen LogP) is -0.261. The topological polar surface area (TPSA) is 108 Å². The van der Waals surface area contributed by atoms with Crippen LogP contribution in [-0.2, 0) is 11.3 Å². The number of aliphatic hydroxyl groups excluding tert-OH is 1. The highest BCUT2D eigenvalue weighted by molar-refractivity contribution is 5.81. The molecular weight excluding hydrogens is 332 g/mol. The first-order valence-electron chi connectivity index (χ1n) is 8.68. The van der Waals surface area contributed by atoms with Gasteiger partial charge in [0.25, 0.3) is 0 Å². The van der Waals surface area contributed by atoms with Gasteiger partial charge in [-0.15, -0.1) is 0 Å². The number of nitrogens with zero attached hydrogens (tertiary/aromatic N) is 4. The van der Waals surface area contributed by atoms with E-state index in [0.717, 1.165) is 43.4 Å². The standard InChI is InChI=1S/C18H24N6O2/c19-15(13-25)18(26)22-12-14-4-3-7-21-17(14)24-10-8-23(9-11-24)16-5-1-2-6-20-16/h1-7,15,25H,8-13,19H2,(H,22,26)/t15-/m1/s1. The van der Waals surface area contributed by atoms with Crippen LogP contribution >= 0.6 is 0 Å². The number of nitrogens with two attached hydrogens (primary N) is 1. The van der Waals surface area contributed by atoms with Gasteiger partial charge in [-0.25, -0.2) is 9.97 Å². The molecule has 0 spiro atoms. The maximum absolute atomic E-state index is 11.8. The average Bonchev–Trinajstić information content (AvgIpc) is 2.72. The summed E-state index contributed by atoms with van der Waals surface area (Å²) in [6.45, 7) is 3.32. The number of pyridine rings is 2. The number of aliphatic hydroxyl groups is 1. The van der Waals surface area contributed by atoms with Crippen LogP contribution < -0.4 is 20.9 Å². The van der Waals surface area contributed by atoms with Gasteiger partial charge in [-0.2, -0.15) is 0 Å². The zero-order valence-electron chi connectivity index (χ0n) is 14.6. The zero-order chi connectivity index (χ0) is 18.4. The number of amides is 1. The molecule has 26 heavy (non-hydrogen) atoms. The summed E-state index contributed by atoms with van der Waals surface area (Å²) in [4.78, 5) is 25.2. The molecule has 2 aromatic heterocycles. The summed E-state index contributed by atoms with van der Waals surface area (Å²) in [5.41, 5.74) is 6.46. The van der Waals surface area contributed by atoms with E-state index < -0.39 is 6.04 Å². The van der Waals surface area contributed by atoms with Gasteiger partial charge in [0.15, 0.2) is 0 Å². The Hall–Kier alpha value is -2.71. The molecule has 8 nitrogen and oxygen atoms in total. The van der Waals surface area contributed by atoms with Crippen molar-refractivity contribution in [2.45, 2.75) is 12.6 Å². The molecular formula is C18H24N6O2. The van der Waals surface area contributed by atoms with E-state index in [1.165, 1.54) is 0 Å². The molecule has 138 valence electrons. The molecule has 8 heteroatoms. The maximum atomic E-state index is 11.8. The summed E-state index contributed by atoms with van der Waals surface area (Å²) < 4.78 is 0. The Morgan fingerprint density at radius 1 is 1.12 bits per heavy atom. The highest BCUT2D eigenvalue weighted by atomic mass is 16.3. The van der Waals surface area contributed by atoms with E-state index in [4.69, 9.17) is 10.8 Å². The lowest BCUT2D eigenvalue weighted by molar-refractivity contribution is -0.123. The van der Waals surface area contributed by atoms with Crippen LogP contribution in [0.5, 0.6) is 0 Å². The summed E-state index contributed by atoms with van der Waals surface area (Å²) in [7, 11) is 0. The minimum Gasteiger partial charge on any atom is -0.394 e. The van der Waals surface area contributed by atoms with E-state index in [1.807, 2.05) is 30.3 Å². The first-order valence-corrected chi connectivity index (χ1v) is 8.68. The minimum atomic E-state index is -0.906. The van der Waals surface area contributed by atoms with Gasteiger partial charge in [-0.3, -0.25) is 4.79 Å². The summed E-state index contributed by atoms with van der Waals surface area (Å²) in [6, 6.07) is 8.81. The lowest BCUT2D eigenvalue weighted by Crippen LogP contribution is -2.47.